The minimum atomic E-state index is -0.518. The SMILES string of the molecule is CCOc1ccc(CC(=O)OCC(=O)Nc2c(C#N)c(C)c(C)n2-c2ccccc2)cc1. The quantitative estimate of drug-likeness (QED) is 0.542. The number of rotatable bonds is 8. The summed E-state index contributed by atoms with van der Waals surface area (Å²) in [6.45, 7) is 5.74. The van der Waals surface area contributed by atoms with Gasteiger partial charge in [0.2, 0.25) is 0 Å². The molecule has 0 radical (unpaired) electrons. The second-order valence-electron chi connectivity index (χ2n) is 7.18. The molecule has 3 aromatic rings. The van der Waals surface area contributed by atoms with E-state index in [1.165, 1.54) is 0 Å². The van der Waals surface area contributed by atoms with Crippen molar-refractivity contribution in [2.24, 2.45) is 0 Å². The van der Waals surface area contributed by atoms with Gasteiger partial charge in [-0.1, -0.05) is 30.3 Å². The number of anilines is 1. The number of amides is 1. The first-order chi connectivity index (χ1) is 15.4. The van der Waals surface area contributed by atoms with Crippen molar-refractivity contribution in [3.63, 3.8) is 0 Å². The summed E-state index contributed by atoms with van der Waals surface area (Å²) < 4.78 is 12.3. The van der Waals surface area contributed by atoms with Gasteiger partial charge in [0.05, 0.1) is 18.6 Å². The van der Waals surface area contributed by atoms with Gasteiger partial charge in [-0.3, -0.25) is 14.2 Å². The fourth-order valence-corrected chi connectivity index (χ4v) is 3.36. The van der Waals surface area contributed by atoms with Crippen LogP contribution in [0.5, 0.6) is 5.75 Å². The van der Waals surface area contributed by atoms with E-state index in [-0.39, 0.29) is 6.42 Å². The van der Waals surface area contributed by atoms with Crippen molar-refractivity contribution in [2.75, 3.05) is 18.5 Å². The summed E-state index contributed by atoms with van der Waals surface area (Å²) >= 11 is 0. The Morgan fingerprint density at radius 3 is 2.38 bits per heavy atom. The monoisotopic (exact) mass is 431 g/mol. The molecular weight excluding hydrogens is 406 g/mol. The summed E-state index contributed by atoms with van der Waals surface area (Å²) in [6.07, 6.45) is 0.0434. The maximum absolute atomic E-state index is 12.5. The normalized spacial score (nSPS) is 10.3. The predicted molar refractivity (Wildman–Crippen MR) is 121 cm³/mol. The van der Waals surface area contributed by atoms with E-state index in [2.05, 4.69) is 11.4 Å². The van der Waals surface area contributed by atoms with Crippen molar-refractivity contribution in [3.8, 4) is 17.5 Å². The molecule has 1 heterocycles. The molecule has 3 rings (SSSR count). The zero-order chi connectivity index (χ0) is 23.1. The number of nitrogens with one attached hydrogen (secondary N) is 1. The third kappa shape index (κ3) is 5.16. The molecule has 0 unspecified atom stereocenters. The lowest BCUT2D eigenvalue weighted by atomic mass is 10.1. The van der Waals surface area contributed by atoms with Gasteiger partial charge < -0.3 is 14.8 Å². The number of carbonyl (C=O) groups is 2. The van der Waals surface area contributed by atoms with Crippen molar-refractivity contribution >= 4 is 17.7 Å². The number of hydrogen-bond donors (Lipinski definition) is 1. The van der Waals surface area contributed by atoms with E-state index in [0.717, 1.165) is 28.3 Å². The van der Waals surface area contributed by atoms with Crippen LogP contribution < -0.4 is 10.1 Å². The Morgan fingerprint density at radius 2 is 1.75 bits per heavy atom. The van der Waals surface area contributed by atoms with E-state index in [0.29, 0.717) is 18.0 Å². The van der Waals surface area contributed by atoms with Crippen LogP contribution in [0.1, 0.15) is 29.3 Å². The maximum Gasteiger partial charge on any atom is 0.310 e. The van der Waals surface area contributed by atoms with Crippen LogP contribution in [0.15, 0.2) is 54.6 Å². The van der Waals surface area contributed by atoms with Crippen molar-refractivity contribution < 1.29 is 19.1 Å². The second-order valence-corrected chi connectivity index (χ2v) is 7.18. The predicted octanol–water partition coefficient (Wildman–Crippen LogP) is 4.09. The Hall–Kier alpha value is -4.05. The standard InChI is InChI=1S/C25H25N3O4/c1-4-31-21-12-10-19(11-13-21)14-24(30)32-16-23(29)27-25-22(15-26)17(2)18(3)28(25)20-8-6-5-7-9-20/h5-13H,4,14,16H2,1-3H3,(H,27,29). The number of carbonyl (C=O) groups excluding carboxylic acids is 2. The first-order valence-corrected chi connectivity index (χ1v) is 10.3. The minimum absolute atomic E-state index is 0.0434. The van der Waals surface area contributed by atoms with Gasteiger partial charge in [-0.05, 0) is 56.2 Å². The van der Waals surface area contributed by atoms with E-state index in [1.807, 2.05) is 55.7 Å². The number of aromatic nitrogens is 1. The van der Waals surface area contributed by atoms with E-state index >= 15 is 0 Å². The van der Waals surface area contributed by atoms with Crippen molar-refractivity contribution in [1.82, 2.24) is 4.57 Å². The summed E-state index contributed by atoms with van der Waals surface area (Å²) in [5.41, 5.74) is 3.57. The molecule has 1 N–H and O–H groups in total. The van der Waals surface area contributed by atoms with Gasteiger partial charge in [0, 0.05) is 11.4 Å². The van der Waals surface area contributed by atoms with Gasteiger partial charge >= 0.3 is 5.97 Å². The average molecular weight is 431 g/mol. The molecule has 7 nitrogen and oxygen atoms in total. The molecule has 0 bridgehead atoms. The summed E-state index contributed by atoms with van der Waals surface area (Å²) in [5.74, 6) is 0.0532. The number of ether oxygens (including phenoxy) is 2. The molecule has 1 aromatic heterocycles. The lowest BCUT2D eigenvalue weighted by Crippen LogP contribution is -2.23. The van der Waals surface area contributed by atoms with Gasteiger partial charge in [-0.25, -0.2) is 0 Å². The maximum atomic E-state index is 12.5. The lowest BCUT2D eigenvalue weighted by Gasteiger charge is -2.13. The summed E-state index contributed by atoms with van der Waals surface area (Å²) in [5, 5.41) is 12.4. The van der Waals surface area contributed by atoms with Crippen molar-refractivity contribution in [3.05, 3.63) is 77.0 Å². The highest BCUT2D eigenvalue weighted by Crippen LogP contribution is 2.29. The highest BCUT2D eigenvalue weighted by atomic mass is 16.5. The molecule has 1 amide bonds. The van der Waals surface area contributed by atoms with Crippen LogP contribution in [0.4, 0.5) is 5.82 Å². The number of nitriles is 1. The zero-order valence-electron chi connectivity index (χ0n) is 18.3. The average Bonchev–Trinajstić information content (AvgIpc) is 3.03. The van der Waals surface area contributed by atoms with Crippen molar-refractivity contribution in [1.29, 1.82) is 5.26 Å². The first-order valence-electron chi connectivity index (χ1n) is 10.3. The molecule has 0 spiro atoms. The molecule has 32 heavy (non-hydrogen) atoms. The van der Waals surface area contributed by atoms with Crippen LogP contribution in [0.3, 0.4) is 0 Å². The third-order valence-electron chi connectivity index (χ3n) is 5.04. The fourth-order valence-electron chi connectivity index (χ4n) is 3.36. The Kier molecular flexibility index (Phi) is 7.29. The molecule has 0 saturated heterocycles. The third-order valence-corrected chi connectivity index (χ3v) is 5.04. The molecule has 164 valence electrons. The Labute approximate surface area is 187 Å². The number of hydrogen-bond acceptors (Lipinski definition) is 5. The largest absolute Gasteiger partial charge is 0.494 e. The smallest absolute Gasteiger partial charge is 0.310 e. The molecule has 0 saturated carbocycles. The Morgan fingerprint density at radius 1 is 1.06 bits per heavy atom. The number of benzene rings is 2. The van der Waals surface area contributed by atoms with E-state index in [4.69, 9.17) is 9.47 Å². The Bertz CT molecular complexity index is 1140. The van der Waals surface area contributed by atoms with E-state index < -0.39 is 18.5 Å². The van der Waals surface area contributed by atoms with Gasteiger partial charge in [-0.2, -0.15) is 5.26 Å². The minimum Gasteiger partial charge on any atom is -0.494 e. The highest BCUT2D eigenvalue weighted by Gasteiger charge is 2.21. The van der Waals surface area contributed by atoms with Crippen LogP contribution >= 0.6 is 0 Å². The van der Waals surface area contributed by atoms with Crippen LogP contribution in [0.2, 0.25) is 0 Å². The highest BCUT2D eigenvalue weighted by molar-refractivity contribution is 5.94. The molecule has 0 atom stereocenters. The van der Waals surface area contributed by atoms with Crippen LogP contribution in [-0.4, -0.2) is 29.7 Å². The summed E-state index contributed by atoms with van der Waals surface area (Å²) in [4.78, 5) is 24.7. The lowest BCUT2D eigenvalue weighted by molar-refractivity contribution is -0.146. The van der Waals surface area contributed by atoms with Crippen molar-refractivity contribution in [2.45, 2.75) is 27.2 Å². The topological polar surface area (TPSA) is 93.3 Å². The number of nitrogens with zero attached hydrogens (tertiary/aromatic N) is 2. The van der Waals surface area contributed by atoms with Gasteiger partial charge in [0.25, 0.3) is 5.91 Å². The molecule has 7 heteroatoms. The van der Waals surface area contributed by atoms with Crippen LogP contribution in [-0.2, 0) is 20.7 Å². The number of para-hydroxylation sites is 1. The fraction of sp³-hybridized carbons (Fsp3) is 0.240. The van der Waals surface area contributed by atoms with Gasteiger partial charge in [0.15, 0.2) is 6.61 Å². The first kappa shape index (κ1) is 22.6. The molecule has 0 aliphatic rings. The van der Waals surface area contributed by atoms with Gasteiger partial charge in [0.1, 0.15) is 17.6 Å². The van der Waals surface area contributed by atoms with Crippen LogP contribution in [0, 0.1) is 25.2 Å². The molecule has 0 aliphatic heterocycles. The molecule has 0 fully saturated rings. The second kappa shape index (κ2) is 10.3. The molecule has 0 aliphatic carbocycles. The van der Waals surface area contributed by atoms with Gasteiger partial charge in [-0.15, -0.1) is 0 Å². The summed E-state index contributed by atoms with van der Waals surface area (Å²) in [7, 11) is 0. The molecular formula is C25H25N3O4. The number of esters is 1. The van der Waals surface area contributed by atoms with E-state index in [9.17, 15) is 14.9 Å². The van der Waals surface area contributed by atoms with Crippen LogP contribution in [0.25, 0.3) is 5.69 Å². The Balaban J connectivity index is 1.67. The zero-order valence-corrected chi connectivity index (χ0v) is 18.3. The summed E-state index contributed by atoms with van der Waals surface area (Å²) in [6, 6.07) is 18.7. The van der Waals surface area contributed by atoms with E-state index in [1.54, 1.807) is 24.3 Å². The molecule has 2 aromatic carbocycles.